The van der Waals surface area contributed by atoms with Crippen molar-refractivity contribution in [3.8, 4) is 0 Å². The Morgan fingerprint density at radius 2 is 2.06 bits per heavy atom. The predicted molar refractivity (Wildman–Crippen MR) is 122 cm³/mol. The predicted octanol–water partition coefficient (Wildman–Crippen LogP) is 3.14. The van der Waals surface area contributed by atoms with Crippen molar-refractivity contribution in [2.75, 3.05) is 16.8 Å². The molecule has 1 N–H and O–H groups in total. The maximum atomic E-state index is 13.2. The fourth-order valence-corrected chi connectivity index (χ4v) is 5.10. The van der Waals surface area contributed by atoms with Crippen molar-refractivity contribution in [3.63, 3.8) is 0 Å². The van der Waals surface area contributed by atoms with Gasteiger partial charge >= 0.3 is 0 Å². The minimum atomic E-state index is -0.483. The number of aryl methyl sites for hydroxylation is 1. The van der Waals surface area contributed by atoms with Crippen LogP contribution in [0.1, 0.15) is 30.1 Å². The summed E-state index contributed by atoms with van der Waals surface area (Å²) in [6.07, 6.45) is 3.06. The number of thioether (sulfide) groups is 1. The number of hydrogen-bond acceptors (Lipinski definition) is 6. The molecule has 0 atom stereocenters. The molecule has 0 unspecified atom stereocenters. The Morgan fingerprint density at radius 1 is 1.25 bits per heavy atom. The van der Waals surface area contributed by atoms with E-state index in [1.165, 1.54) is 16.6 Å². The Kier molecular flexibility index (Phi) is 5.38. The molecular weight excluding hydrogens is 431 g/mol. The molecule has 0 saturated carbocycles. The number of hydrogen-bond donors (Lipinski definition) is 1. The van der Waals surface area contributed by atoms with E-state index in [2.05, 4.69) is 20.4 Å². The van der Waals surface area contributed by atoms with Crippen molar-refractivity contribution in [2.24, 2.45) is 0 Å². The number of carbonyl (C=O) groups is 1. The highest BCUT2D eigenvalue weighted by atomic mass is 32.2. The number of halogens is 1. The van der Waals surface area contributed by atoms with Crippen LogP contribution < -0.4 is 10.9 Å². The van der Waals surface area contributed by atoms with Crippen molar-refractivity contribution >= 4 is 40.2 Å². The van der Waals surface area contributed by atoms with E-state index in [9.17, 15) is 14.0 Å². The first kappa shape index (κ1) is 20.6. The highest BCUT2D eigenvalue weighted by Gasteiger charge is 2.22. The SMILES string of the molecule is Cc1ccc2c(=O)n3nc(C4CCSCC4)cc3n(CC(=O)Nc3ccc(F)cn3)c2n1. The van der Waals surface area contributed by atoms with Crippen LogP contribution in [0, 0.1) is 12.7 Å². The summed E-state index contributed by atoms with van der Waals surface area (Å²) in [4.78, 5) is 34.4. The Balaban J connectivity index is 1.60. The first-order chi connectivity index (χ1) is 15.5. The van der Waals surface area contributed by atoms with Gasteiger partial charge in [-0.2, -0.15) is 21.4 Å². The first-order valence-electron chi connectivity index (χ1n) is 10.4. The summed E-state index contributed by atoms with van der Waals surface area (Å²) >= 11 is 1.93. The molecule has 4 aromatic rings. The molecule has 8 nitrogen and oxygen atoms in total. The third kappa shape index (κ3) is 3.86. The van der Waals surface area contributed by atoms with E-state index in [1.54, 1.807) is 16.7 Å². The second kappa shape index (κ2) is 8.34. The molecule has 0 aliphatic carbocycles. The monoisotopic (exact) mass is 452 g/mol. The molecule has 0 aromatic carbocycles. The summed E-state index contributed by atoms with van der Waals surface area (Å²) in [5.41, 5.74) is 2.30. The molecule has 1 saturated heterocycles. The second-order valence-corrected chi connectivity index (χ2v) is 9.08. The standard InChI is InChI=1S/C22H21FN6O2S/c1-13-2-4-16-21(25-13)28(12-19(30)26-18-5-3-15(23)11-24-18)20-10-17(27-29(20)22(16)31)14-6-8-32-9-7-14/h2-5,10-11,14H,6-9,12H2,1H3,(H,24,26,30). The topological polar surface area (TPSA) is 94.2 Å². The van der Waals surface area contributed by atoms with Crippen molar-refractivity contribution in [1.29, 1.82) is 0 Å². The summed E-state index contributed by atoms with van der Waals surface area (Å²) in [6, 6.07) is 8.01. The van der Waals surface area contributed by atoms with E-state index in [0.717, 1.165) is 41.9 Å². The molecule has 164 valence electrons. The van der Waals surface area contributed by atoms with Gasteiger partial charge in [-0.1, -0.05) is 0 Å². The number of nitrogens with zero attached hydrogens (tertiary/aromatic N) is 5. The third-order valence-electron chi connectivity index (χ3n) is 5.61. The smallest absolute Gasteiger partial charge is 0.283 e. The summed E-state index contributed by atoms with van der Waals surface area (Å²) < 4.78 is 16.2. The van der Waals surface area contributed by atoms with Gasteiger partial charge in [0.05, 0.1) is 17.3 Å². The number of nitrogens with one attached hydrogen (secondary N) is 1. The van der Waals surface area contributed by atoms with Crippen LogP contribution in [0.4, 0.5) is 10.2 Å². The van der Waals surface area contributed by atoms with Crippen LogP contribution in [0.15, 0.2) is 41.3 Å². The van der Waals surface area contributed by atoms with Crippen molar-refractivity contribution in [1.82, 2.24) is 24.1 Å². The lowest BCUT2D eigenvalue weighted by molar-refractivity contribution is -0.116. The zero-order chi connectivity index (χ0) is 22.2. The van der Waals surface area contributed by atoms with Crippen LogP contribution in [-0.4, -0.2) is 41.6 Å². The third-order valence-corrected chi connectivity index (χ3v) is 6.66. The Labute approximate surface area is 186 Å². The number of amides is 1. The highest BCUT2D eigenvalue weighted by Crippen LogP contribution is 2.31. The van der Waals surface area contributed by atoms with Crippen molar-refractivity contribution in [2.45, 2.75) is 32.2 Å². The molecule has 5 heterocycles. The molecule has 0 spiro atoms. The number of anilines is 1. The van der Waals surface area contributed by atoms with Crippen molar-refractivity contribution < 1.29 is 9.18 Å². The minimum Gasteiger partial charge on any atom is -0.309 e. The van der Waals surface area contributed by atoms with Gasteiger partial charge in [0.15, 0.2) is 0 Å². The largest absolute Gasteiger partial charge is 0.309 e. The van der Waals surface area contributed by atoms with Gasteiger partial charge in [0.1, 0.15) is 29.5 Å². The van der Waals surface area contributed by atoms with Crippen molar-refractivity contribution in [3.05, 3.63) is 64.1 Å². The van der Waals surface area contributed by atoms with Gasteiger partial charge in [0.25, 0.3) is 5.56 Å². The van der Waals surface area contributed by atoms with E-state index in [-0.39, 0.29) is 23.8 Å². The Bertz CT molecular complexity index is 1380. The van der Waals surface area contributed by atoms with Gasteiger partial charge in [-0.15, -0.1) is 0 Å². The highest BCUT2D eigenvalue weighted by molar-refractivity contribution is 7.99. The van der Waals surface area contributed by atoms with Crippen LogP contribution in [0.5, 0.6) is 0 Å². The second-order valence-electron chi connectivity index (χ2n) is 7.85. The van der Waals surface area contributed by atoms with Gasteiger partial charge in [-0.3, -0.25) is 9.59 Å². The average Bonchev–Trinajstić information content (AvgIpc) is 3.24. The van der Waals surface area contributed by atoms with Gasteiger partial charge in [0.2, 0.25) is 5.91 Å². The summed E-state index contributed by atoms with van der Waals surface area (Å²) in [7, 11) is 0. The summed E-state index contributed by atoms with van der Waals surface area (Å²) in [5, 5.41) is 7.69. The Morgan fingerprint density at radius 3 is 2.81 bits per heavy atom. The minimum absolute atomic E-state index is 0.0958. The van der Waals surface area contributed by atoms with Crippen LogP contribution >= 0.6 is 11.8 Å². The molecule has 1 aliphatic rings. The lowest BCUT2D eigenvalue weighted by atomic mass is 9.99. The van der Waals surface area contributed by atoms with Gasteiger partial charge in [-0.25, -0.2) is 14.4 Å². The summed E-state index contributed by atoms with van der Waals surface area (Å²) in [5.74, 6) is 1.83. The lowest BCUT2D eigenvalue weighted by Gasteiger charge is -2.18. The molecule has 10 heteroatoms. The van der Waals surface area contributed by atoms with Crippen LogP contribution in [0.3, 0.4) is 0 Å². The van der Waals surface area contributed by atoms with Crippen LogP contribution in [0.25, 0.3) is 16.7 Å². The fourth-order valence-electron chi connectivity index (χ4n) is 3.99. The van der Waals surface area contributed by atoms with Gasteiger partial charge in [-0.05, 0) is 55.5 Å². The number of fused-ring (bicyclic) bond motifs is 2. The zero-order valence-electron chi connectivity index (χ0n) is 17.4. The van der Waals surface area contributed by atoms with E-state index in [1.807, 2.05) is 24.8 Å². The lowest BCUT2D eigenvalue weighted by Crippen LogP contribution is -2.25. The average molecular weight is 453 g/mol. The van der Waals surface area contributed by atoms with Gasteiger partial charge in [0, 0.05) is 17.7 Å². The normalized spacial score (nSPS) is 14.8. The molecule has 1 fully saturated rings. The molecule has 0 radical (unpaired) electrons. The van der Waals surface area contributed by atoms with Crippen LogP contribution in [-0.2, 0) is 11.3 Å². The molecular formula is C22H21FN6O2S. The van der Waals surface area contributed by atoms with E-state index < -0.39 is 5.82 Å². The van der Waals surface area contributed by atoms with E-state index in [0.29, 0.717) is 22.6 Å². The first-order valence-corrected chi connectivity index (χ1v) is 11.5. The maximum absolute atomic E-state index is 13.2. The quantitative estimate of drug-likeness (QED) is 0.511. The number of aromatic nitrogens is 5. The zero-order valence-corrected chi connectivity index (χ0v) is 18.2. The number of carbonyl (C=O) groups excluding carboxylic acids is 1. The summed E-state index contributed by atoms with van der Waals surface area (Å²) in [6.45, 7) is 1.74. The maximum Gasteiger partial charge on any atom is 0.283 e. The molecule has 5 rings (SSSR count). The molecule has 1 aliphatic heterocycles. The van der Waals surface area contributed by atoms with Crippen LogP contribution in [0.2, 0.25) is 0 Å². The van der Waals surface area contributed by atoms with Gasteiger partial charge < -0.3 is 9.88 Å². The molecule has 0 bridgehead atoms. The molecule has 4 aromatic heterocycles. The Hall–Kier alpha value is -3.27. The molecule has 1 amide bonds. The number of pyridine rings is 2. The molecule has 32 heavy (non-hydrogen) atoms. The van der Waals surface area contributed by atoms with E-state index >= 15 is 0 Å². The fraction of sp³-hybridized carbons (Fsp3) is 0.318. The number of rotatable bonds is 4. The van der Waals surface area contributed by atoms with E-state index in [4.69, 9.17) is 0 Å².